The quantitative estimate of drug-likeness (QED) is 0.299. The molecule has 9 heteroatoms. The van der Waals surface area contributed by atoms with Gasteiger partial charge in [-0.05, 0) is 35.4 Å². The van der Waals surface area contributed by atoms with Crippen molar-refractivity contribution in [3.8, 4) is 5.75 Å². The van der Waals surface area contributed by atoms with Gasteiger partial charge in [0.05, 0.1) is 11.0 Å². The molecule has 2 aromatic heterocycles. The van der Waals surface area contributed by atoms with E-state index in [1.807, 2.05) is 53.2 Å². The first-order chi connectivity index (χ1) is 16.6. The highest BCUT2D eigenvalue weighted by molar-refractivity contribution is 7.22. The Labute approximate surface area is 198 Å². The number of aryl methyl sites for hydroxylation is 1. The maximum absolute atomic E-state index is 14.2. The molecule has 1 amide bonds. The first-order valence-corrected chi connectivity index (χ1v) is 11.5. The van der Waals surface area contributed by atoms with E-state index in [0.717, 1.165) is 28.2 Å². The largest absolute Gasteiger partial charge is 0.484 e. The number of fused-ring (bicyclic) bond motifs is 2. The Morgan fingerprint density at radius 2 is 1.94 bits per heavy atom. The number of anilines is 1. The average molecular weight is 479 g/mol. The summed E-state index contributed by atoms with van der Waals surface area (Å²) in [6, 6.07) is 15.5. The number of hydrogen-bond donors (Lipinski definition) is 0. The van der Waals surface area contributed by atoms with Gasteiger partial charge in [-0.1, -0.05) is 41.7 Å². The van der Waals surface area contributed by atoms with Crippen LogP contribution >= 0.6 is 11.3 Å². The number of rotatable bonds is 8. The van der Waals surface area contributed by atoms with E-state index in [9.17, 15) is 13.6 Å². The molecule has 0 fully saturated rings. The highest BCUT2D eigenvalue weighted by atomic mass is 32.1. The number of imidazole rings is 1. The maximum atomic E-state index is 14.2. The fourth-order valence-electron chi connectivity index (χ4n) is 3.70. The van der Waals surface area contributed by atoms with Crippen LogP contribution in [-0.4, -0.2) is 33.6 Å². The van der Waals surface area contributed by atoms with E-state index in [2.05, 4.69) is 9.97 Å². The van der Waals surface area contributed by atoms with Gasteiger partial charge in [0.15, 0.2) is 17.6 Å². The molecule has 5 aromatic rings. The second kappa shape index (κ2) is 9.56. The zero-order chi connectivity index (χ0) is 23.5. The van der Waals surface area contributed by atoms with Crippen LogP contribution in [0, 0.1) is 11.6 Å². The lowest BCUT2D eigenvalue weighted by Crippen LogP contribution is -2.36. The van der Waals surface area contributed by atoms with Gasteiger partial charge in [-0.25, -0.2) is 18.7 Å². The Hall–Kier alpha value is -3.85. The van der Waals surface area contributed by atoms with Gasteiger partial charge in [0.2, 0.25) is 0 Å². The molecule has 0 radical (unpaired) electrons. The van der Waals surface area contributed by atoms with Crippen molar-refractivity contribution < 1.29 is 18.3 Å². The van der Waals surface area contributed by atoms with Crippen molar-refractivity contribution in [3.63, 3.8) is 0 Å². The summed E-state index contributed by atoms with van der Waals surface area (Å²) in [5.41, 5.74) is 0.0456. The van der Waals surface area contributed by atoms with Crippen LogP contribution in [0.3, 0.4) is 0 Å². The molecule has 0 saturated heterocycles. The van der Waals surface area contributed by atoms with Crippen molar-refractivity contribution >= 4 is 43.4 Å². The van der Waals surface area contributed by atoms with Gasteiger partial charge in [-0.15, -0.1) is 0 Å². The van der Waals surface area contributed by atoms with Crippen LogP contribution < -0.4 is 9.64 Å². The summed E-state index contributed by atoms with van der Waals surface area (Å²) in [5, 5.41) is 2.39. The zero-order valence-corrected chi connectivity index (χ0v) is 18.8. The van der Waals surface area contributed by atoms with Gasteiger partial charge in [0, 0.05) is 31.5 Å². The topological polar surface area (TPSA) is 60.2 Å². The molecule has 0 spiro atoms. The van der Waals surface area contributed by atoms with E-state index in [4.69, 9.17) is 4.74 Å². The van der Waals surface area contributed by atoms with Gasteiger partial charge in [0.1, 0.15) is 17.1 Å². The van der Waals surface area contributed by atoms with Crippen LogP contribution in [0.25, 0.3) is 21.0 Å². The fourth-order valence-corrected chi connectivity index (χ4v) is 4.75. The highest BCUT2D eigenvalue weighted by Crippen LogP contribution is 2.31. The number of amides is 1. The smallest absolute Gasteiger partial charge is 0.266 e. The molecular weight excluding hydrogens is 458 g/mol. The standard InChI is InChI=1S/C25H20F2N4O2S/c26-19-13-21(27)24-22(14-19)34-25(29-24)31(10-3-9-30-11-8-28-16-30)23(32)15-33-20-7-6-17-4-1-2-5-18(17)12-20/h1-2,4-8,11-14,16H,3,9-10,15H2. The lowest BCUT2D eigenvalue weighted by Gasteiger charge is -2.20. The minimum atomic E-state index is -0.754. The van der Waals surface area contributed by atoms with E-state index in [1.54, 1.807) is 12.5 Å². The van der Waals surface area contributed by atoms with Crippen LogP contribution in [0.1, 0.15) is 6.42 Å². The Kier molecular flexibility index (Phi) is 6.18. The minimum absolute atomic E-state index is 0.0456. The number of aromatic nitrogens is 3. The summed E-state index contributed by atoms with van der Waals surface area (Å²) in [6.45, 7) is 0.765. The van der Waals surface area contributed by atoms with E-state index >= 15 is 0 Å². The third-order valence-electron chi connectivity index (χ3n) is 5.37. The van der Waals surface area contributed by atoms with Crippen molar-refractivity contribution in [3.05, 3.63) is 85.0 Å². The number of carbonyl (C=O) groups is 1. The number of halogens is 2. The monoisotopic (exact) mass is 478 g/mol. The number of benzene rings is 3. The number of carbonyl (C=O) groups excluding carboxylic acids is 1. The molecule has 0 atom stereocenters. The third kappa shape index (κ3) is 4.74. The molecule has 0 aliphatic heterocycles. The summed E-state index contributed by atoms with van der Waals surface area (Å²) in [4.78, 5) is 23.0. The molecule has 0 bridgehead atoms. The average Bonchev–Trinajstić information content (AvgIpc) is 3.50. The van der Waals surface area contributed by atoms with Crippen molar-refractivity contribution in [1.29, 1.82) is 0 Å². The van der Waals surface area contributed by atoms with Crippen molar-refractivity contribution in [2.75, 3.05) is 18.1 Å². The Morgan fingerprint density at radius 1 is 1.09 bits per heavy atom. The molecule has 6 nitrogen and oxygen atoms in total. The molecule has 3 aromatic carbocycles. The molecule has 0 N–H and O–H groups in total. The summed E-state index contributed by atoms with van der Waals surface area (Å²) in [5.74, 6) is -1.19. The van der Waals surface area contributed by atoms with Gasteiger partial charge < -0.3 is 9.30 Å². The maximum Gasteiger partial charge on any atom is 0.266 e. The molecule has 2 heterocycles. The van der Waals surface area contributed by atoms with Gasteiger partial charge in [-0.3, -0.25) is 9.69 Å². The molecule has 0 saturated carbocycles. The van der Waals surface area contributed by atoms with Crippen molar-refractivity contribution in [2.24, 2.45) is 0 Å². The van der Waals surface area contributed by atoms with Crippen LogP contribution in [0.2, 0.25) is 0 Å². The summed E-state index contributed by atoms with van der Waals surface area (Å²) in [7, 11) is 0. The Balaban J connectivity index is 1.36. The molecular formula is C25H20F2N4O2S. The van der Waals surface area contributed by atoms with E-state index in [1.165, 1.54) is 11.0 Å². The Morgan fingerprint density at radius 3 is 2.76 bits per heavy atom. The summed E-state index contributed by atoms with van der Waals surface area (Å²) in [6.07, 6.45) is 5.84. The molecule has 0 unspecified atom stereocenters. The first-order valence-electron chi connectivity index (χ1n) is 10.7. The van der Waals surface area contributed by atoms with Crippen LogP contribution in [0.15, 0.2) is 73.3 Å². The van der Waals surface area contributed by atoms with Gasteiger partial charge in [0.25, 0.3) is 5.91 Å². The van der Waals surface area contributed by atoms with Gasteiger partial charge in [-0.2, -0.15) is 0 Å². The minimum Gasteiger partial charge on any atom is -0.484 e. The first kappa shape index (κ1) is 22.0. The number of ether oxygens (including phenoxy) is 1. The second-order valence-electron chi connectivity index (χ2n) is 7.73. The Bertz CT molecular complexity index is 1450. The predicted octanol–water partition coefficient (Wildman–Crippen LogP) is 5.43. The van der Waals surface area contributed by atoms with Crippen LogP contribution in [-0.2, 0) is 11.3 Å². The second-order valence-corrected chi connectivity index (χ2v) is 8.74. The molecule has 0 aliphatic carbocycles. The lowest BCUT2D eigenvalue weighted by atomic mass is 10.1. The zero-order valence-electron chi connectivity index (χ0n) is 18.0. The van der Waals surface area contributed by atoms with Crippen molar-refractivity contribution in [2.45, 2.75) is 13.0 Å². The lowest BCUT2D eigenvalue weighted by molar-refractivity contribution is -0.120. The summed E-state index contributed by atoms with van der Waals surface area (Å²) < 4.78 is 35.9. The molecule has 172 valence electrons. The molecule has 0 aliphatic rings. The highest BCUT2D eigenvalue weighted by Gasteiger charge is 2.22. The number of thiazole rings is 1. The predicted molar refractivity (Wildman–Crippen MR) is 128 cm³/mol. The van der Waals surface area contributed by atoms with E-state index in [-0.39, 0.29) is 18.0 Å². The normalized spacial score (nSPS) is 11.2. The van der Waals surface area contributed by atoms with Crippen LogP contribution in [0.4, 0.5) is 13.9 Å². The third-order valence-corrected chi connectivity index (χ3v) is 6.40. The number of hydrogen-bond acceptors (Lipinski definition) is 5. The summed E-state index contributed by atoms with van der Waals surface area (Å²) >= 11 is 1.07. The SMILES string of the molecule is O=C(COc1ccc2ccccc2c1)N(CCCn1ccnc1)c1nc2c(F)cc(F)cc2s1. The molecule has 34 heavy (non-hydrogen) atoms. The molecule has 5 rings (SSSR count). The number of nitrogens with zero attached hydrogens (tertiary/aromatic N) is 4. The fraction of sp³-hybridized carbons (Fsp3) is 0.160. The van der Waals surface area contributed by atoms with E-state index < -0.39 is 11.6 Å². The van der Waals surface area contributed by atoms with Crippen LogP contribution in [0.5, 0.6) is 5.75 Å². The van der Waals surface area contributed by atoms with Crippen molar-refractivity contribution in [1.82, 2.24) is 14.5 Å². The van der Waals surface area contributed by atoms with E-state index in [0.29, 0.717) is 35.1 Å². The van der Waals surface area contributed by atoms with Gasteiger partial charge >= 0.3 is 0 Å².